The molecule has 0 aromatic rings. The molecule has 2 aliphatic heterocycles. The van der Waals surface area contributed by atoms with Crippen molar-refractivity contribution < 1.29 is 10.1 Å². The average Bonchev–Trinajstić information content (AvgIpc) is 2.53. The molecular weight excluding hydrogens is 152 g/mol. The van der Waals surface area contributed by atoms with Gasteiger partial charge in [-0.05, 0) is 6.42 Å². The van der Waals surface area contributed by atoms with Gasteiger partial charge in [0.25, 0.3) is 0 Å². The minimum absolute atomic E-state index is 0.391. The quantitative estimate of drug-likeness (QED) is 0.555. The topological polar surface area (TPSA) is 36.9 Å². The van der Waals surface area contributed by atoms with Crippen LogP contribution in [0.4, 0.5) is 0 Å². The van der Waals surface area contributed by atoms with Crippen molar-refractivity contribution in [2.24, 2.45) is 0 Å². The van der Waals surface area contributed by atoms with Gasteiger partial charge in [-0.2, -0.15) is 0 Å². The second kappa shape index (κ2) is 3.44. The number of quaternary nitrogens is 1. The summed E-state index contributed by atoms with van der Waals surface area (Å²) in [6.07, 6.45) is 4.27. The maximum Gasteiger partial charge on any atom is 0.222 e. The SMILES string of the molecule is O=C1CCCN1C1CC[NH2+]CC1. The summed E-state index contributed by atoms with van der Waals surface area (Å²) in [6, 6.07) is 0.574. The number of hydrogen-bond acceptors (Lipinski definition) is 1. The maximum absolute atomic E-state index is 11.4. The molecule has 3 heteroatoms. The van der Waals surface area contributed by atoms with Gasteiger partial charge in [-0.1, -0.05) is 0 Å². The lowest BCUT2D eigenvalue weighted by atomic mass is 10.1. The van der Waals surface area contributed by atoms with Crippen LogP contribution in [0.15, 0.2) is 0 Å². The van der Waals surface area contributed by atoms with Crippen LogP contribution in [0.2, 0.25) is 0 Å². The lowest BCUT2D eigenvalue weighted by Crippen LogP contribution is -2.87. The molecule has 0 unspecified atom stereocenters. The number of nitrogens with two attached hydrogens (primary N) is 1. The summed E-state index contributed by atoms with van der Waals surface area (Å²) in [5, 5.41) is 2.34. The number of likely N-dealkylation sites (tertiary alicyclic amines) is 1. The Bertz CT molecular complexity index is 175. The lowest BCUT2D eigenvalue weighted by Gasteiger charge is -2.29. The first-order valence-electron chi connectivity index (χ1n) is 4.99. The van der Waals surface area contributed by atoms with Crippen molar-refractivity contribution in [3.8, 4) is 0 Å². The number of hydrogen-bond donors (Lipinski definition) is 1. The van der Waals surface area contributed by atoms with E-state index in [1.807, 2.05) is 0 Å². The molecule has 0 aromatic heterocycles. The minimum Gasteiger partial charge on any atom is -0.346 e. The first kappa shape index (κ1) is 8.05. The number of rotatable bonds is 1. The standard InChI is InChI=1S/C9H16N2O/c12-9-2-1-7-11(9)8-3-5-10-6-4-8/h8,10H,1-7H2/p+1. The fourth-order valence-corrected chi connectivity index (χ4v) is 2.28. The molecule has 2 rings (SSSR count). The van der Waals surface area contributed by atoms with Crippen molar-refractivity contribution in [2.75, 3.05) is 19.6 Å². The fourth-order valence-electron chi connectivity index (χ4n) is 2.28. The molecule has 1 amide bonds. The van der Waals surface area contributed by atoms with Crippen LogP contribution in [-0.4, -0.2) is 36.5 Å². The molecule has 0 atom stereocenters. The van der Waals surface area contributed by atoms with E-state index in [0.29, 0.717) is 11.9 Å². The Morgan fingerprint density at radius 3 is 2.67 bits per heavy atom. The second-order valence-corrected chi connectivity index (χ2v) is 3.79. The van der Waals surface area contributed by atoms with E-state index in [1.54, 1.807) is 0 Å². The van der Waals surface area contributed by atoms with Gasteiger partial charge in [0.05, 0.1) is 13.1 Å². The largest absolute Gasteiger partial charge is 0.346 e. The van der Waals surface area contributed by atoms with E-state index in [9.17, 15) is 4.79 Å². The Hall–Kier alpha value is -0.570. The Morgan fingerprint density at radius 1 is 1.33 bits per heavy atom. The van der Waals surface area contributed by atoms with E-state index in [2.05, 4.69) is 10.2 Å². The highest BCUT2D eigenvalue weighted by atomic mass is 16.2. The summed E-state index contributed by atoms with van der Waals surface area (Å²) >= 11 is 0. The van der Waals surface area contributed by atoms with E-state index in [1.165, 1.54) is 25.9 Å². The number of nitrogens with zero attached hydrogens (tertiary/aromatic N) is 1. The highest BCUT2D eigenvalue weighted by molar-refractivity contribution is 5.78. The predicted molar refractivity (Wildman–Crippen MR) is 45.6 cm³/mol. The Morgan fingerprint density at radius 2 is 2.08 bits per heavy atom. The number of amides is 1. The third-order valence-corrected chi connectivity index (χ3v) is 2.96. The van der Waals surface area contributed by atoms with E-state index in [4.69, 9.17) is 0 Å². The van der Waals surface area contributed by atoms with Crippen LogP contribution in [0.3, 0.4) is 0 Å². The third kappa shape index (κ3) is 1.46. The molecule has 2 saturated heterocycles. The molecule has 3 nitrogen and oxygen atoms in total. The molecule has 12 heavy (non-hydrogen) atoms. The second-order valence-electron chi connectivity index (χ2n) is 3.79. The average molecular weight is 169 g/mol. The van der Waals surface area contributed by atoms with E-state index in [-0.39, 0.29) is 0 Å². The highest BCUT2D eigenvalue weighted by Gasteiger charge is 2.29. The van der Waals surface area contributed by atoms with Gasteiger partial charge in [0, 0.05) is 31.8 Å². The van der Waals surface area contributed by atoms with E-state index >= 15 is 0 Å². The van der Waals surface area contributed by atoms with Gasteiger partial charge in [-0.25, -0.2) is 0 Å². The Labute approximate surface area is 73.1 Å². The summed E-state index contributed by atoms with van der Waals surface area (Å²) in [6.45, 7) is 3.42. The van der Waals surface area contributed by atoms with Gasteiger partial charge in [0.15, 0.2) is 0 Å². The molecule has 68 valence electrons. The third-order valence-electron chi connectivity index (χ3n) is 2.96. The molecule has 2 N–H and O–H groups in total. The van der Waals surface area contributed by atoms with Crippen molar-refractivity contribution in [3.63, 3.8) is 0 Å². The van der Waals surface area contributed by atoms with Crippen molar-refractivity contribution >= 4 is 5.91 Å². The zero-order valence-corrected chi connectivity index (χ0v) is 7.46. The predicted octanol–water partition coefficient (Wildman–Crippen LogP) is -0.665. The van der Waals surface area contributed by atoms with Crippen LogP contribution >= 0.6 is 0 Å². The van der Waals surface area contributed by atoms with Gasteiger partial charge in [-0.3, -0.25) is 4.79 Å². The number of carbonyl (C=O) groups is 1. The minimum atomic E-state index is 0.391. The molecule has 2 fully saturated rings. The van der Waals surface area contributed by atoms with Crippen molar-refractivity contribution in [2.45, 2.75) is 31.7 Å². The monoisotopic (exact) mass is 169 g/mol. The van der Waals surface area contributed by atoms with E-state index in [0.717, 1.165) is 19.4 Å². The normalized spacial score (nSPS) is 26.7. The molecule has 0 aromatic carbocycles. The van der Waals surface area contributed by atoms with Crippen LogP contribution < -0.4 is 5.32 Å². The summed E-state index contributed by atoms with van der Waals surface area (Å²) in [7, 11) is 0. The van der Waals surface area contributed by atoms with Gasteiger partial charge in [-0.15, -0.1) is 0 Å². The Balaban J connectivity index is 1.93. The van der Waals surface area contributed by atoms with Gasteiger partial charge < -0.3 is 10.2 Å². The lowest BCUT2D eigenvalue weighted by molar-refractivity contribution is -0.663. The summed E-state index contributed by atoms with van der Waals surface area (Å²) in [5.74, 6) is 0.391. The molecule has 2 heterocycles. The highest BCUT2D eigenvalue weighted by Crippen LogP contribution is 2.17. The molecule has 0 aliphatic carbocycles. The smallest absolute Gasteiger partial charge is 0.222 e. The van der Waals surface area contributed by atoms with Gasteiger partial charge in [0.2, 0.25) is 5.91 Å². The van der Waals surface area contributed by atoms with Crippen LogP contribution in [0, 0.1) is 0 Å². The fraction of sp³-hybridized carbons (Fsp3) is 0.889. The maximum atomic E-state index is 11.4. The zero-order chi connectivity index (χ0) is 8.39. The van der Waals surface area contributed by atoms with Crippen LogP contribution in [0.1, 0.15) is 25.7 Å². The van der Waals surface area contributed by atoms with E-state index < -0.39 is 0 Å². The van der Waals surface area contributed by atoms with Crippen molar-refractivity contribution in [3.05, 3.63) is 0 Å². The number of piperidine rings is 1. The molecule has 2 aliphatic rings. The first-order chi connectivity index (χ1) is 5.88. The van der Waals surface area contributed by atoms with Crippen molar-refractivity contribution in [1.29, 1.82) is 0 Å². The Kier molecular flexibility index (Phi) is 2.30. The summed E-state index contributed by atoms with van der Waals surface area (Å²) < 4.78 is 0. The van der Waals surface area contributed by atoms with Crippen molar-refractivity contribution in [1.82, 2.24) is 4.90 Å². The van der Waals surface area contributed by atoms with Crippen LogP contribution in [-0.2, 0) is 4.79 Å². The van der Waals surface area contributed by atoms with Gasteiger partial charge in [0.1, 0.15) is 0 Å². The zero-order valence-electron chi connectivity index (χ0n) is 7.46. The summed E-state index contributed by atoms with van der Waals surface area (Å²) in [4.78, 5) is 13.5. The molecule has 0 radical (unpaired) electrons. The van der Waals surface area contributed by atoms with Crippen LogP contribution in [0.25, 0.3) is 0 Å². The summed E-state index contributed by atoms with van der Waals surface area (Å²) in [5.41, 5.74) is 0. The molecule has 0 saturated carbocycles. The number of carbonyl (C=O) groups excluding carboxylic acids is 1. The molecular formula is C9H17N2O+. The molecule has 0 bridgehead atoms. The van der Waals surface area contributed by atoms with Crippen LogP contribution in [0.5, 0.6) is 0 Å². The van der Waals surface area contributed by atoms with Gasteiger partial charge >= 0.3 is 0 Å². The molecule has 0 spiro atoms. The first-order valence-corrected chi connectivity index (χ1v) is 4.99.